The van der Waals surface area contributed by atoms with Crippen molar-refractivity contribution in [3.63, 3.8) is 0 Å². The fraction of sp³-hybridized carbons (Fsp3) is 0.714. The molecular weight excluding hydrogens is 161 g/mol. The molecule has 0 bridgehead atoms. The molecule has 0 amide bonds. The molecule has 0 radical (unpaired) electrons. The predicted octanol–water partition coefficient (Wildman–Crippen LogP) is 0.763. The van der Waals surface area contributed by atoms with Crippen LogP contribution in [-0.2, 0) is 4.57 Å². The molecule has 0 aliphatic carbocycles. The van der Waals surface area contributed by atoms with Gasteiger partial charge in [0.2, 0.25) is 0 Å². The predicted molar refractivity (Wildman–Crippen MR) is 46.3 cm³/mol. The highest BCUT2D eigenvalue weighted by Gasteiger charge is 2.03. The Morgan fingerprint density at radius 3 is 3.09 bits per heavy atom. The Kier molecular flexibility index (Phi) is 3.84. The fourth-order valence-electron chi connectivity index (χ4n) is 1.16. The first-order valence-corrected chi connectivity index (χ1v) is 5.45. The minimum Gasteiger partial charge on any atom is -0.346 e. The zero-order valence-electron chi connectivity index (χ0n) is 6.47. The number of nitrogens with one attached hydrogen (secondary N) is 1. The molecule has 2 N–H and O–H groups in total. The third-order valence-corrected chi connectivity index (χ3v) is 2.50. The van der Waals surface area contributed by atoms with Gasteiger partial charge in [-0.05, 0) is 19.4 Å². The maximum Gasteiger partial charge on any atom is 0.189 e. The van der Waals surface area contributed by atoms with E-state index in [1.807, 2.05) is 0 Å². The van der Waals surface area contributed by atoms with Gasteiger partial charge in [-0.15, -0.1) is 0 Å². The maximum absolute atomic E-state index is 10.4. The van der Waals surface area contributed by atoms with E-state index in [1.165, 1.54) is 5.57 Å². The molecular formula is C7H14NO2P. The largest absolute Gasteiger partial charge is 0.346 e. The first-order chi connectivity index (χ1) is 5.29. The summed E-state index contributed by atoms with van der Waals surface area (Å²) in [5.74, 6) is 0. The second-order valence-electron chi connectivity index (χ2n) is 2.71. The van der Waals surface area contributed by atoms with Gasteiger partial charge in [-0.1, -0.05) is 11.6 Å². The van der Waals surface area contributed by atoms with Crippen molar-refractivity contribution in [1.82, 2.24) is 5.32 Å². The molecule has 0 spiro atoms. The molecule has 1 atom stereocenters. The molecule has 1 aliphatic rings. The second kappa shape index (κ2) is 4.70. The molecule has 0 fully saturated rings. The minimum absolute atomic E-state index is 0.455. The summed E-state index contributed by atoms with van der Waals surface area (Å²) in [7, 11) is -2.24. The van der Waals surface area contributed by atoms with E-state index in [2.05, 4.69) is 11.4 Å². The fourth-order valence-corrected chi connectivity index (χ4v) is 1.70. The third kappa shape index (κ3) is 3.71. The lowest BCUT2D eigenvalue weighted by Crippen LogP contribution is -2.20. The monoisotopic (exact) mass is 175 g/mol. The van der Waals surface area contributed by atoms with Gasteiger partial charge >= 0.3 is 0 Å². The summed E-state index contributed by atoms with van der Waals surface area (Å²) in [6.07, 6.45) is 4.41. The van der Waals surface area contributed by atoms with Gasteiger partial charge < -0.3 is 10.2 Å². The van der Waals surface area contributed by atoms with Crippen LogP contribution in [0.4, 0.5) is 0 Å². The van der Waals surface area contributed by atoms with Crippen LogP contribution in [0.25, 0.3) is 0 Å². The minimum atomic E-state index is -2.24. The van der Waals surface area contributed by atoms with Crippen molar-refractivity contribution in [1.29, 1.82) is 0 Å². The summed E-state index contributed by atoms with van der Waals surface area (Å²) < 4.78 is 10.4. The van der Waals surface area contributed by atoms with Crippen LogP contribution >= 0.6 is 8.03 Å². The lowest BCUT2D eigenvalue weighted by Gasteiger charge is -2.12. The van der Waals surface area contributed by atoms with Gasteiger partial charge in [0.05, 0.1) is 0 Å². The van der Waals surface area contributed by atoms with Gasteiger partial charge in [0.25, 0.3) is 0 Å². The van der Waals surface area contributed by atoms with Crippen LogP contribution in [-0.4, -0.2) is 24.1 Å². The molecule has 0 aromatic rings. The Hall–Kier alpha value is -0.110. The van der Waals surface area contributed by atoms with E-state index >= 15 is 0 Å². The van der Waals surface area contributed by atoms with Crippen molar-refractivity contribution < 1.29 is 9.46 Å². The molecule has 0 saturated heterocycles. The van der Waals surface area contributed by atoms with Crippen LogP contribution < -0.4 is 5.32 Å². The van der Waals surface area contributed by atoms with Crippen LogP contribution in [0, 0.1) is 0 Å². The normalized spacial score (nSPS) is 21.0. The highest BCUT2D eigenvalue weighted by Crippen LogP contribution is 2.19. The van der Waals surface area contributed by atoms with Crippen molar-refractivity contribution in [3.05, 3.63) is 11.6 Å². The SMILES string of the molecule is O=[PH](O)CCC1=CCNCC1. The van der Waals surface area contributed by atoms with E-state index in [0.29, 0.717) is 6.16 Å². The van der Waals surface area contributed by atoms with Crippen molar-refractivity contribution >= 4 is 8.03 Å². The van der Waals surface area contributed by atoms with Gasteiger partial charge in [0, 0.05) is 12.7 Å². The smallest absolute Gasteiger partial charge is 0.189 e. The van der Waals surface area contributed by atoms with Gasteiger partial charge in [0.15, 0.2) is 8.03 Å². The van der Waals surface area contributed by atoms with E-state index in [-0.39, 0.29) is 0 Å². The molecule has 1 heterocycles. The van der Waals surface area contributed by atoms with E-state index < -0.39 is 8.03 Å². The quantitative estimate of drug-likeness (QED) is 0.492. The number of rotatable bonds is 3. The molecule has 0 aromatic heterocycles. The third-order valence-electron chi connectivity index (χ3n) is 1.82. The molecule has 1 rings (SSSR count). The average Bonchev–Trinajstić information content (AvgIpc) is 2.03. The summed E-state index contributed by atoms with van der Waals surface area (Å²) in [6, 6.07) is 0. The van der Waals surface area contributed by atoms with Crippen LogP contribution in [0.5, 0.6) is 0 Å². The summed E-state index contributed by atoms with van der Waals surface area (Å²) in [5, 5.41) is 3.19. The van der Waals surface area contributed by atoms with Crippen molar-refractivity contribution in [2.24, 2.45) is 0 Å². The summed E-state index contributed by atoms with van der Waals surface area (Å²) in [4.78, 5) is 8.59. The lowest BCUT2D eigenvalue weighted by atomic mass is 10.1. The van der Waals surface area contributed by atoms with Crippen LogP contribution in [0.15, 0.2) is 11.6 Å². The van der Waals surface area contributed by atoms with Crippen molar-refractivity contribution in [2.75, 3.05) is 19.3 Å². The van der Waals surface area contributed by atoms with Crippen molar-refractivity contribution in [3.8, 4) is 0 Å². The Balaban J connectivity index is 2.24. The molecule has 0 saturated carbocycles. The van der Waals surface area contributed by atoms with Gasteiger partial charge in [-0.2, -0.15) is 0 Å². The molecule has 1 aliphatic heterocycles. The lowest BCUT2D eigenvalue weighted by molar-refractivity contribution is 0.502. The molecule has 64 valence electrons. The van der Waals surface area contributed by atoms with E-state index in [4.69, 9.17) is 4.89 Å². The molecule has 11 heavy (non-hydrogen) atoms. The Labute approximate surface area is 67.4 Å². The summed E-state index contributed by atoms with van der Waals surface area (Å²) >= 11 is 0. The summed E-state index contributed by atoms with van der Waals surface area (Å²) in [6.45, 7) is 1.93. The first kappa shape index (κ1) is 8.98. The zero-order chi connectivity index (χ0) is 8.10. The van der Waals surface area contributed by atoms with Crippen LogP contribution in [0.1, 0.15) is 12.8 Å². The van der Waals surface area contributed by atoms with E-state index in [1.54, 1.807) is 0 Å². The van der Waals surface area contributed by atoms with E-state index in [9.17, 15) is 4.57 Å². The Morgan fingerprint density at radius 2 is 2.55 bits per heavy atom. The Bertz CT molecular complexity index is 179. The maximum atomic E-state index is 10.4. The molecule has 1 unspecified atom stereocenters. The highest BCUT2D eigenvalue weighted by molar-refractivity contribution is 7.37. The standard InChI is InChI=1S/C7H14NO2P/c9-11(10)6-3-7-1-4-8-5-2-7/h1,8,11H,2-6H2,(H,9,10). The van der Waals surface area contributed by atoms with E-state index in [0.717, 1.165) is 25.9 Å². The highest BCUT2D eigenvalue weighted by atomic mass is 31.1. The van der Waals surface area contributed by atoms with Gasteiger partial charge in [-0.3, -0.25) is 4.57 Å². The summed E-state index contributed by atoms with van der Waals surface area (Å²) in [5.41, 5.74) is 1.33. The average molecular weight is 175 g/mol. The van der Waals surface area contributed by atoms with Crippen LogP contribution in [0.2, 0.25) is 0 Å². The van der Waals surface area contributed by atoms with Gasteiger partial charge in [0.1, 0.15) is 0 Å². The second-order valence-corrected chi connectivity index (χ2v) is 4.00. The molecule has 4 heteroatoms. The van der Waals surface area contributed by atoms with Gasteiger partial charge in [-0.25, -0.2) is 0 Å². The van der Waals surface area contributed by atoms with Crippen LogP contribution in [0.3, 0.4) is 0 Å². The van der Waals surface area contributed by atoms with Crippen molar-refractivity contribution in [2.45, 2.75) is 12.8 Å². The first-order valence-electron chi connectivity index (χ1n) is 3.89. The Morgan fingerprint density at radius 1 is 1.73 bits per heavy atom. The molecule has 3 nitrogen and oxygen atoms in total. The topological polar surface area (TPSA) is 49.3 Å². The zero-order valence-corrected chi connectivity index (χ0v) is 7.47. The molecule has 0 aromatic carbocycles. The number of hydrogen-bond acceptors (Lipinski definition) is 2. The number of hydrogen-bond donors (Lipinski definition) is 2.